The lowest BCUT2D eigenvalue weighted by molar-refractivity contribution is -0.133. The first-order valence-corrected chi connectivity index (χ1v) is 15.6. The van der Waals surface area contributed by atoms with E-state index in [4.69, 9.17) is 34.8 Å². The van der Waals surface area contributed by atoms with Gasteiger partial charge in [0.05, 0.1) is 16.5 Å². The Bertz CT molecular complexity index is 1130. The van der Waals surface area contributed by atoms with E-state index in [1.165, 1.54) is 51.3 Å². The Morgan fingerprint density at radius 3 is 2.38 bits per heavy atom. The van der Waals surface area contributed by atoms with Crippen molar-refractivity contribution in [3.63, 3.8) is 0 Å². The summed E-state index contributed by atoms with van der Waals surface area (Å²) in [6.45, 7) is 6.98. The molecule has 5 rings (SSSR count). The third-order valence-electron chi connectivity index (χ3n) is 9.22. The fourth-order valence-corrected chi connectivity index (χ4v) is 7.41. The van der Waals surface area contributed by atoms with E-state index in [9.17, 15) is 9.18 Å². The molecule has 3 heterocycles. The average Bonchev–Trinajstić information content (AvgIpc) is 2.96. The molecule has 0 radical (unpaired) electrons. The molecule has 0 N–H and O–H groups in total. The van der Waals surface area contributed by atoms with Crippen LogP contribution in [-0.2, 0) is 16.6 Å². The number of carbonyl (C=O) groups excluding carboxylic acids is 1. The molecule has 0 aliphatic carbocycles. The molecule has 3 saturated heterocycles. The predicted octanol–water partition coefficient (Wildman–Crippen LogP) is 7.23. The van der Waals surface area contributed by atoms with Gasteiger partial charge in [-0.15, -0.1) is 0 Å². The van der Waals surface area contributed by atoms with Gasteiger partial charge in [-0.25, -0.2) is 4.39 Å². The molecule has 1 amide bonds. The lowest BCUT2D eigenvalue weighted by atomic mass is 9.71. The van der Waals surface area contributed by atoms with E-state index in [-0.39, 0.29) is 23.3 Å². The largest absolute Gasteiger partial charge is 0.342 e. The van der Waals surface area contributed by atoms with Gasteiger partial charge in [-0.05, 0) is 107 Å². The summed E-state index contributed by atoms with van der Waals surface area (Å²) < 4.78 is 14.5. The van der Waals surface area contributed by atoms with Gasteiger partial charge in [0.2, 0.25) is 5.91 Å². The molecule has 3 aliphatic heterocycles. The Labute approximate surface area is 247 Å². The van der Waals surface area contributed by atoms with E-state index >= 15 is 0 Å². The van der Waals surface area contributed by atoms with Gasteiger partial charge in [0.15, 0.2) is 0 Å². The molecule has 4 nitrogen and oxygen atoms in total. The summed E-state index contributed by atoms with van der Waals surface area (Å²) in [5, 5.41) is 1.37. The summed E-state index contributed by atoms with van der Waals surface area (Å²) in [6.07, 6.45) is 9.26. The second kappa shape index (κ2) is 13.1. The second-order valence-corrected chi connectivity index (χ2v) is 12.8. The highest BCUT2D eigenvalue weighted by molar-refractivity contribution is 6.42. The SMILES string of the molecule is O=C(Cc1c(F)cccc1Cl)N1CCC[C@](CCN2CCC(N3CCCCC3)CC2)(c2ccc(Cl)c(Cl)c2)C1. The van der Waals surface area contributed by atoms with E-state index in [0.29, 0.717) is 28.2 Å². The van der Waals surface area contributed by atoms with Gasteiger partial charge in [0, 0.05) is 35.1 Å². The highest BCUT2D eigenvalue weighted by Gasteiger charge is 2.39. The van der Waals surface area contributed by atoms with Crippen molar-refractivity contribution in [1.82, 2.24) is 14.7 Å². The van der Waals surface area contributed by atoms with Gasteiger partial charge in [0.25, 0.3) is 0 Å². The molecule has 0 bridgehead atoms. The van der Waals surface area contributed by atoms with Gasteiger partial charge >= 0.3 is 0 Å². The summed E-state index contributed by atoms with van der Waals surface area (Å²) in [4.78, 5) is 20.7. The molecule has 1 atom stereocenters. The summed E-state index contributed by atoms with van der Waals surface area (Å²) in [6, 6.07) is 11.2. The van der Waals surface area contributed by atoms with Crippen LogP contribution in [0, 0.1) is 5.82 Å². The third kappa shape index (κ3) is 6.93. The van der Waals surface area contributed by atoms with Crippen LogP contribution in [0.1, 0.15) is 62.5 Å². The number of hydrogen-bond acceptors (Lipinski definition) is 3. The number of likely N-dealkylation sites (tertiary alicyclic amines) is 3. The number of rotatable bonds is 7. The summed E-state index contributed by atoms with van der Waals surface area (Å²) in [5.41, 5.74) is 1.17. The lowest BCUT2D eigenvalue weighted by Crippen LogP contribution is -2.51. The molecular weight excluding hydrogens is 556 g/mol. The van der Waals surface area contributed by atoms with Gasteiger partial charge in [-0.2, -0.15) is 0 Å². The topological polar surface area (TPSA) is 26.8 Å². The van der Waals surface area contributed by atoms with Gasteiger partial charge in [-0.3, -0.25) is 4.79 Å². The van der Waals surface area contributed by atoms with Crippen molar-refractivity contribution in [3.05, 3.63) is 68.4 Å². The van der Waals surface area contributed by atoms with Crippen molar-refractivity contribution in [2.24, 2.45) is 0 Å². The lowest BCUT2D eigenvalue weighted by Gasteiger charge is -2.45. The molecule has 0 unspecified atom stereocenters. The zero-order chi connectivity index (χ0) is 27.4. The number of halogens is 4. The molecule has 0 aromatic heterocycles. The normalized spacial score (nSPS) is 23.7. The fraction of sp³-hybridized carbons (Fsp3) is 0.581. The molecule has 3 aliphatic rings. The number of piperidine rings is 3. The first-order chi connectivity index (χ1) is 18.8. The van der Waals surface area contributed by atoms with Crippen molar-refractivity contribution in [2.75, 3.05) is 45.8 Å². The van der Waals surface area contributed by atoms with Gasteiger partial charge in [-0.1, -0.05) is 53.4 Å². The van der Waals surface area contributed by atoms with Crippen molar-refractivity contribution in [1.29, 1.82) is 0 Å². The van der Waals surface area contributed by atoms with Crippen LogP contribution < -0.4 is 0 Å². The smallest absolute Gasteiger partial charge is 0.227 e. The Balaban J connectivity index is 1.29. The van der Waals surface area contributed by atoms with E-state index in [1.54, 1.807) is 12.1 Å². The quantitative estimate of drug-likeness (QED) is 0.338. The minimum atomic E-state index is -0.434. The molecule has 39 heavy (non-hydrogen) atoms. The van der Waals surface area contributed by atoms with Crippen LogP contribution in [0.25, 0.3) is 0 Å². The number of nitrogens with zero attached hydrogens (tertiary/aromatic N) is 3. The fourth-order valence-electron chi connectivity index (χ4n) is 6.88. The Hall–Kier alpha value is -1.37. The van der Waals surface area contributed by atoms with E-state index < -0.39 is 5.82 Å². The predicted molar refractivity (Wildman–Crippen MR) is 159 cm³/mol. The minimum Gasteiger partial charge on any atom is -0.342 e. The molecule has 3 fully saturated rings. The summed E-state index contributed by atoms with van der Waals surface area (Å²) >= 11 is 19.0. The van der Waals surface area contributed by atoms with Crippen molar-refractivity contribution in [3.8, 4) is 0 Å². The van der Waals surface area contributed by atoms with Crippen molar-refractivity contribution < 1.29 is 9.18 Å². The second-order valence-electron chi connectivity index (χ2n) is 11.6. The average molecular weight is 595 g/mol. The highest BCUT2D eigenvalue weighted by atomic mass is 35.5. The van der Waals surface area contributed by atoms with E-state index in [1.807, 2.05) is 17.0 Å². The van der Waals surface area contributed by atoms with Crippen molar-refractivity contribution >= 4 is 40.7 Å². The minimum absolute atomic E-state index is 0.0347. The summed E-state index contributed by atoms with van der Waals surface area (Å²) in [7, 11) is 0. The van der Waals surface area contributed by atoms with Crippen LogP contribution in [0.5, 0.6) is 0 Å². The van der Waals surface area contributed by atoms with Crippen LogP contribution in [0.2, 0.25) is 15.1 Å². The number of carbonyl (C=O) groups is 1. The Morgan fingerprint density at radius 1 is 0.897 bits per heavy atom. The van der Waals surface area contributed by atoms with Crippen LogP contribution in [-0.4, -0.2) is 72.5 Å². The van der Waals surface area contributed by atoms with Crippen molar-refractivity contribution in [2.45, 2.75) is 69.2 Å². The monoisotopic (exact) mass is 593 g/mol. The number of benzene rings is 2. The molecule has 212 valence electrons. The Morgan fingerprint density at radius 2 is 1.67 bits per heavy atom. The first-order valence-electron chi connectivity index (χ1n) is 14.5. The zero-order valence-corrected chi connectivity index (χ0v) is 24.9. The zero-order valence-electron chi connectivity index (χ0n) is 22.6. The standard InChI is InChI=1S/C31H39Cl3FN3O/c32-26-6-4-7-29(35)25(26)21-30(39)38-16-5-12-31(22-38,23-8-9-27(33)28(34)20-23)13-19-36-17-10-24(11-18-36)37-14-2-1-3-15-37/h4,6-9,20,24H,1-3,5,10-19,21-22H2/t31-/m1/s1. The molecule has 2 aromatic carbocycles. The van der Waals surface area contributed by atoms with Crippen LogP contribution in [0.3, 0.4) is 0 Å². The van der Waals surface area contributed by atoms with Crippen LogP contribution in [0.15, 0.2) is 36.4 Å². The molecule has 0 saturated carbocycles. The Kier molecular flexibility index (Phi) is 9.77. The maximum absolute atomic E-state index is 14.5. The third-order valence-corrected chi connectivity index (χ3v) is 10.3. The van der Waals surface area contributed by atoms with E-state index in [0.717, 1.165) is 50.5 Å². The molecule has 2 aromatic rings. The van der Waals surface area contributed by atoms with Gasteiger partial charge in [0.1, 0.15) is 5.82 Å². The first kappa shape index (κ1) is 29.1. The van der Waals surface area contributed by atoms with E-state index in [2.05, 4.69) is 15.9 Å². The highest BCUT2D eigenvalue weighted by Crippen LogP contribution is 2.40. The molecular formula is C31H39Cl3FN3O. The van der Waals surface area contributed by atoms with Gasteiger partial charge < -0.3 is 14.7 Å². The number of amides is 1. The van der Waals surface area contributed by atoms with Crippen LogP contribution >= 0.6 is 34.8 Å². The van der Waals surface area contributed by atoms with Crippen LogP contribution in [0.4, 0.5) is 4.39 Å². The summed E-state index contributed by atoms with van der Waals surface area (Å²) in [5.74, 6) is -0.523. The maximum Gasteiger partial charge on any atom is 0.227 e. The number of hydrogen-bond donors (Lipinski definition) is 0. The molecule has 8 heteroatoms. The molecule has 0 spiro atoms. The maximum atomic E-state index is 14.5.